The number of ether oxygens (including phenoxy) is 1. The number of rotatable bonds is 1. The van der Waals surface area contributed by atoms with Crippen LogP contribution in [0.5, 0.6) is 0 Å². The van der Waals surface area contributed by atoms with Gasteiger partial charge in [-0.1, -0.05) is 6.92 Å². The molecule has 0 aromatic carbocycles. The molecule has 2 unspecified atom stereocenters. The van der Waals surface area contributed by atoms with Crippen molar-refractivity contribution in [3.63, 3.8) is 0 Å². The minimum absolute atomic E-state index is 0.572. The molecule has 15 heavy (non-hydrogen) atoms. The fraction of sp³-hybridized carbons (Fsp3) is 1.00. The van der Waals surface area contributed by atoms with E-state index in [1.54, 1.807) is 0 Å². The standard InChI is InChI=1S/C13H23NO/c1-10-2-4-11(5-3-10)14-8-12-6-7-13(9-14)15-12/h10-13H,2-9H2,1H3. The fourth-order valence-electron chi connectivity index (χ4n) is 3.55. The topological polar surface area (TPSA) is 12.5 Å². The number of fused-ring (bicyclic) bond motifs is 2. The molecule has 3 fully saturated rings. The zero-order chi connectivity index (χ0) is 10.3. The molecule has 0 N–H and O–H groups in total. The fourth-order valence-corrected chi connectivity index (χ4v) is 3.55. The first kappa shape index (κ1) is 10.1. The van der Waals surface area contributed by atoms with E-state index < -0.39 is 0 Å². The minimum Gasteiger partial charge on any atom is -0.372 e. The summed E-state index contributed by atoms with van der Waals surface area (Å²) < 4.78 is 5.90. The first-order chi connectivity index (χ1) is 7.31. The van der Waals surface area contributed by atoms with E-state index in [0.29, 0.717) is 12.2 Å². The van der Waals surface area contributed by atoms with E-state index in [1.807, 2.05) is 0 Å². The molecule has 0 amide bonds. The van der Waals surface area contributed by atoms with E-state index in [0.717, 1.165) is 12.0 Å². The number of likely N-dealkylation sites (tertiary alicyclic amines) is 1. The van der Waals surface area contributed by atoms with Crippen LogP contribution < -0.4 is 0 Å². The molecule has 2 aliphatic heterocycles. The SMILES string of the molecule is CC1CCC(N2CC3CCC(C2)O3)CC1. The number of nitrogens with zero attached hydrogens (tertiary/aromatic N) is 1. The summed E-state index contributed by atoms with van der Waals surface area (Å²) in [6.07, 6.45) is 9.51. The van der Waals surface area contributed by atoms with Crippen LogP contribution in [0.15, 0.2) is 0 Å². The molecule has 1 saturated carbocycles. The minimum atomic E-state index is 0.572. The Bertz CT molecular complexity index is 211. The van der Waals surface area contributed by atoms with Crippen molar-refractivity contribution < 1.29 is 4.74 Å². The van der Waals surface area contributed by atoms with Crippen LogP contribution in [0, 0.1) is 5.92 Å². The summed E-state index contributed by atoms with van der Waals surface area (Å²) >= 11 is 0. The first-order valence-electron chi connectivity index (χ1n) is 6.71. The van der Waals surface area contributed by atoms with E-state index in [9.17, 15) is 0 Å². The average Bonchev–Trinajstić information content (AvgIpc) is 2.59. The van der Waals surface area contributed by atoms with E-state index in [1.165, 1.54) is 51.6 Å². The third-order valence-electron chi connectivity index (χ3n) is 4.57. The lowest BCUT2D eigenvalue weighted by Crippen LogP contribution is -2.48. The van der Waals surface area contributed by atoms with Gasteiger partial charge in [-0.05, 0) is 44.4 Å². The van der Waals surface area contributed by atoms with Gasteiger partial charge in [0.15, 0.2) is 0 Å². The highest BCUT2D eigenvalue weighted by molar-refractivity contribution is 4.89. The molecule has 2 heteroatoms. The normalized spacial score (nSPS) is 47.0. The molecule has 2 bridgehead atoms. The van der Waals surface area contributed by atoms with E-state index in [4.69, 9.17) is 4.74 Å². The van der Waals surface area contributed by atoms with Gasteiger partial charge in [-0.25, -0.2) is 0 Å². The van der Waals surface area contributed by atoms with E-state index in [-0.39, 0.29) is 0 Å². The van der Waals surface area contributed by atoms with Crippen molar-refractivity contribution in [1.82, 2.24) is 4.90 Å². The van der Waals surface area contributed by atoms with Crippen LogP contribution in [-0.4, -0.2) is 36.2 Å². The molecule has 3 rings (SSSR count). The molecule has 0 aromatic heterocycles. The van der Waals surface area contributed by atoms with Crippen molar-refractivity contribution in [2.45, 2.75) is 63.7 Å². The van der Waals surface area contributed by atoms with Gasteiger partial charge >= 0.3 is 0 Å². The quantitative estimate of drug-likeness (QED) is 0.657. The van der Waals surface area contributed by atoms with Crippen LogP contribution in [0.4, 0.5) is 0 Å². The van der Waals surface area contributed by atoms with Gasteiger partial charge in [0.05, 0.1) is 12.2 Å². The second-order valence-corrected chi connectivity index (χ2v) is 5.83. The molecule has 1 aliphatic carbocycles. The molecule has 2 heterocycles. The number of morpholine rings is 1. The monoisotopic (exact) mass is 209 g/mol. The van der Waals surface area contributed by atoms with Crippen LogP contribution in [0.1, 0.15) is 45.4 Å². The Morgan fingerprint density at radius 2 is 1.47 bits per heavy atom. The first-order valence-corrected chi connectivity index (χ1v) is 6.71. The Morgan fingerprint density at radius 3 is 2.07 bits per heavy atom. The molecule has 2 saturated heterocycles. The zero-order valence-corrected chi connectivity index (χ0v) is 9.82. The van der Waals surface area contributed by atoms with E-state index in [2.05, 4.69) is 11.8 Å². The summed E-state index contributed by atoms with van der Waals surface area (Å²) in [5.74, 6) is 0.971. The molecular formula is C13H23NO. The largest absolute Gasteiger partial charge is 0.372 e. The third kappa shape index (κ3) is 2.07. The summed E-state index contributed by atoms with van der Waals surface area (Å²) in [7, 11) is 0. The van der Waals surface area contributed by atoms with Crippen LogP contribution in [0.3, 0.4) is 0 Å². The highest BCUT2D eigenvalue weighted by Gasteiger charge is 2.37. The lowest BCUT2D eigenvalue weighted by molar-refractivity contribution is -0.0587. The van der Waals surface area contributed by atoms with Crippen molar-refractivity contribution in [3.8, 4) is 0 Å². The predicted octanol–water partition coefficient (Wildman–Crippen LogP) is 2.43. The molecule has 86 valence electrons. The Labute approximate surface area is 93.0 Å². The van der Waals surface area contributed by atoms with Gasteiger partial charge in [-0.3, -0.25) is 4.90 Å². The number of hydrogen-bond acceptors (Lipinski definition) is 2. The lowest BCUT2D eigenvalue weighted by Gasteiger charge is -2.40. The number of hydrogen-bond donors (Lipinski definition) is 0. The molecule has 3 aliphatic rings. The Balaban J connectivity index is 1.58. The Kier molecular flexibility index (Phi) is 2.73. The maximum absolute atomic E-state index is 5.90. The van der Waals surface area contributed by atoms with Crippen LogP contribution in [-0.2, 0) is 4.74 Å². The molecule has 0 radical (unpaired) electrons. The summed E-state index contributed by atoms with van der Waals surface area (Å²) in [6, 6.07) is 0.883. The summed E-state index contributed by atoms with van der Waals surface area (Å²) in [5.41, 5.74) is 0. The predicted molar refractivity (Wildman–Crippen MR) is 60.9 cm³/mol. The van der Waals surface area contributed by atoms with Gasteiger partial charge in [-0.15, -0.1) is 0 Å². The van der Waals surface area contributed by atoms with Gasteiger partial charge in [-0.2, -0.15) is 0 Å². The third-order valence-corrected chi connectivity index (χ3v) is 4.57. The second kappa shape index (κ2) is 4.06. The highest BCUT2D eigenvalue weighted by Crippen LogP contribution is 2.32. The maximum Gasteiger partial charge on any atom is 0.0707 e. The van der Waals surface area contributed by atoms with Gasteiger partial charge in [0.25, 0.3) is 0 Å². The second-order valence-electron chi connectivity index (χ2n) is 5.83. The van der Waals surface area contributed by atoms with Crippen molar-refractivity contribution in [1.29, 1.82) is 0 Å². The molecule has 2 atom stereocenters. The average molecular weight is 209 g/mol. The maximum atomic E-state index is 5.90. The smallest absolute Gasteiger partial charge is 0.0707 e. The van der Waals surface area contributed by atoms with Crippen LogP contribution >= 0.6 is 0 Å². The van der Waals surface area contributed by atoms with E-state index >= 15 is 0 Å². The van der Waals surface area contributed by atoms with Crippen molar-refractivity contribution in [3.05, 3.63) is 0 Å². The zero-order valence-electron chi connectivity index (χ0n) is 9.82. The van der Waals surface area contributed by atoms with Gasteiger partial charge in [0.1, 0.15) is 0 Å². The lowest BCUT2D eigenvalue weighted by atomic mass is 9.86. The van der Waals surface area contributed by atoms with Crippen molar-refractivity contribution in [2.75, 3.05) is 13.1 Å². The summed E-state index contributed by atoms with van der Waals surface area (Å²) in [5, 5.41) is 0. The summed E-state index contributed by atoms with van der Waals surface area (Å²) in [4.78, 5) is 2.73. The summed E-state index contributed by atoms with van der Waals surface area (Å²) in [6.45, 7) is 4.84. The van der Waals surface area contributed by atoms with Crippen LogP contribution in [0.2, 0.25) is 0 Å². The molecular weight excluding hydrogens is 186 g/mol. The molecule has 0 spiro atoms. The Morgan fingerprint density at radius 1 is 0.867 bits per heavy atom. The van der Waals surface area contributed by atoms with Crippen molar-refractivity contribution >= 4 is 0 Å². The van der Waals surface area contributed by atoms with Crippen molar-refractivity contribution in [2.24, 2.45) is 5.92 Å². The molecule has 2 nitrogen and oxygen atoms in total. The van der Waals surface area contributed by atoms with Crippen LogP contribution in [0.25, 0.3) is 0 Å². The Hall–Kier alpha value is -0.0800. The highest BCUT2D eigenvalue weighted by atomic mass is 16.5. The van der Waals surface area contributed by atoms with Gasteiger partial charge in [0, 0.05) is 19.1 Å². The van der Waals surface area contributed by atoms with Gasteiger partial charge < -0.3 is 4.74 Å². The van der Waals surface area contributed by atoms with Gasteiger partial charge in [0.2, 0.25) is 0 Å². The molecule has 0 aromatic rings.